The Bertz CT molecular complexity index is 6590. The van der Waals surface area contributed by atoms with E-state index in [4.69, 9.17) is 17.7 Å². The van der Waals surface area contributed by atoms with Crippen LogP contribution in [0.4, 0.5) is 51.2 Å². The summed E-state index contributed by atoms with van der Waals surface area (Å²) in [4.78, 5) is 7.73. The number of benzene rings is 14. The van der Waals surface area contributed by atoms with Crippen LogP contribution in [0.15, 0.2) is 303 Å². The monoisotopic (exact) mass is 1340 g/mol. The second kappa shape index (κ2) is 22.1. The van der Waals surface area contributed by atoms with Gasteiger partial charge in [0.2, 0.25) is 0 Å². The summed E-state index contributed by atoms with van der Waals surface area (Å²) < 4.78 is 27.8. The van der Waals surface area contributed by atoms with E-state index in [0.717, 1.165) is 179 Å². The highest BCUT2D eigenvalue weighted by molar-refractivity contribution is 7.00. The van der Waals surface area contributed by atoms with Gasteiger partial charge in [-0.2, -0.15) is 0 Å². The van der Waals surface area contributed by atoms with Crippen LogP contribution in [0.3, 0.4) is 0 Å². The van der Waals surface area contributed by atoms with Crippen molar-refractivity contribution in [1.82, 2.24) is 0 Å². The number of anilines is 9. The molecular formula is C96H72BN3O4. The van der Waals surface area contributed by atoms with Gasteiger partial charge in [0.05, 0.1) is 11.4 Å². The molecule has 4 aromatic heterocycles. The third kappa shape index (κ3) is 8.97. The molecule has 498 valence electrons. The van der Waals surface area contributed by atoms with Gasteiger partial charge in [-0.15, -0.1) is 0 Å². The first kappa shape index (κ1) is 60.5. The van der Waals surface area contributed by atoms with Crippen LogP contribution in [0.25, 0.3) is 121 Å². The molecule has 0 saturated heterocycles. The van der Waals surface area contributed by atoms with Crippen molar-refractivity contribution in [3.63, 3.8) is 0 Å². The molecule has 0 bridgehead atoms. The van der Waals surface area contributed by atoms with Crippen molar-refractivity contribution in [2.45, 2.75) is 77.6 Å². The van der Waals surface area contributed by atoms with Gasteiger partial charge in [-0.3, -0.25) is 0 Å². The number of fused-ring (bicyclic) bond motifs is 19. The molecule has 1 aliphatic carbocycles. The summed E-state index contributed by atoms with van der Waals surface area (Å²) in [5, 5.41) is 8.46. The minimum absolute atomic E-state index is 0.0811. The lowest BCUT2D eigenvalue weighted by molar-refractivity contribution is 0.332. The molecule has 6 heterocycles. The Hall–Kier alpha value is -12.3. The Kier molecular flexibility index (Phi) is 12.9. The summed E-state index contributed by atoms with van der Waals surface area (Å²) in [6.45, 7) is 16.5. The first-order valence-electron chi connectivity index (χ1n) is 36.5. The molecule has 21 rings (SSSR count). The second-order valence-corrected chi connectivity index (χ2v) is 31.3. The Labute approximate surface area is 603 Å². The quantitative estimate of drug-likeness (QED) is 0.141. The van der Waals surface area contributed by atoms with Gasteiger partial charge in [-0.05, 0) is 206 Å². The van der Waals surface area contributed by atoms with Gasteiger partial charge in [-0.25, -0.2) is 0 Å². The zero-order valence-electron chi connectivity index (χ0n) is 59.1. The maximum Gasteiger partial charge on any atom is 0.252 e. The van der Waals surface area contributed by atoms with Crippen molar-refractivity contribution in [3.8, 4) is 33.4 Å². The molecule has 0 unspecified atom stereocenters. The molecule has 7 nitrogen and oxygen atoms in total. The van der Waals surface area contributed by atoms with Crippen molar-refractivity contribution < 1.29 is 17.7 Å². The molecule has 0 spiro atoms. The van der Waals surface area contributed by atoms with Crippen LogP contribution in [0.2, 0.25) is 0 Å². The maximum atomic E-state index is 7.20. The fraction of sp³-hybridized carbons (Fsp3) is 0.125. The SMILES string of the molecule is CC(C)(C)c1ccc(N2c3cc(-c4cc5oc6ccccc6c5c5c4oc4ccccc45)ccc3B3c4ccc(N(c5ccccc5)c5ccccc5)cc4N(c4cccc5c4C(C)(C)CCC5(C)C)c4cc(-c5ccc6c(c5)oc5ccc7oc8ccccc8c7c56)cc2c43)c(-c2ccccc2)c1. The van der Waals surface area contributed by atoms with Crippen LogP contribution in [-0.2, 0) is 16.2 Å². The van der Waals surface area contributed by atoms with Gasteiger partial charge in [0, 0.05) is 94.0 Å². The fourth-order valence-electron chi connectivity index (χ4n) is 18.1. The lowest BCUT2D eigenvalue weighted by atomic mass is 9.33. The van der Waals surface area contributed by atoms with Crippen molar-refractivity contribution in [2.24, 2.45) is 0 Å². The number of hydrogen-bond donors (Lipinski definition) is 0. The highest BCUT2D eigenvalue weighted by Crippen LogP contribution is 2.56. The topological polar surface area (TPSA) is 62.3 Å². The van der Waals surface area contributed by atoms with Crippen LogP contribution in [0.1, 0.15) is 78.0 Å². The average Bonchev–Trinajstić information content (AvgIpc) is 0.899. The summed E-state index contributed by atoms with van der Waals surface area (Å²) >= 11 is 0. The van der Waals surface area contributed by atoms with E-state index in [1.165, 1.54) is 38.8 Å². The zero-order valence-corrected chi connectivity index (χ0v) is 59.1. The van der Waals surface area contributed by atoms with Crippen LogP contribution in [0, 0.1) is 0 Å². The van der Waals surface area contributed by atoms with E-state index in [9.17, 15) is 0 Å². The molecule has 0 radical (unpaired) electrons. The average molecular weight is 1340 g/mol. The minimum Gasteiger partial charge on any atom is -0.456 e. The second-order valence-electron chi connectivity index (χ2n) is 31.3. The third-order valence-corrected chi connectivity index (χ3v) is 23.2. The van der Waals surface area contributed by atoms with Crippen molar-refractivity contribution in [1.29, 1.82) is 0 Å². The molecule has 0 atom stereocenters. The number of nitrogens with zero attached hydrogens (tertiary/aromatic N) is 3. The van der Waals surface area contributed by atoms with Crippen molar-refractivity contribution in [3.05, 3.63) is 302 Å². The Morgan fingerprint density at radius 3 is 1.53 bits per heavy atom. The Morgan fingerprint density at radius 1 is 0.337 bits per heavy atom. The molecule has 0 amide bonds. The first-order valence-corrected chi connectivity index (χ1v) is 36.5. The number of rotatable bonds is 8. The number of para-hydroxylation sites is 5. The van der Waals surface area contributed by atoms with Gasteiger partial charge >= 0.3 is 0 Å². The van der Waals surface area contributed by atoms with Gasteiger partial charge < -0.3 is 32.4 Å². The van der Waals surface area contributed by atoms with Crippen LogP contribution >= 0.6 is 0 Å². The summed E-state index contributed by atoms with van der Waals surface area (Å²) in [6, 6.07) is 105. The van der Waals surface area contributed by atoms with Gasteiger partial charge in [0.25, 0.3) is 6.71 Å². The van der Waals surface area contributed by atoms with E-state index in [0.29, 0.717) is 0 Å². The van der Waals surface area contributed by atoms with Crippen LogP contribution < -0.4 is 31.1 Å². The van der Waals surface area contributed by atoms with E-state index in [1.54, 1.807) is 0 Å². The predicted molar refractivity (Wildman–Crippen MR) is 435 cm³/mol. The van der Waals surface area contributed by atoms with Crippen molar-refractivity contribution in [2.75, 3.05) is 14.7 Å². The highest BCUT2D eigenvalue weighted by Gasteiger charge is 2.47. The summed E-state index contributed by atoms with van der Waals surface area (Å²) in [7, 11) is 0. The van der Waals surface area contributed by atoms with Gasteiger partial charge in [0.1, 0.15) is 44.7 Å². The van der Waals surface area contributed by atoms with E-state index in [1.807, 2.05) is 6.07 Å². The molecule has 104 heavy (non-hydrogen) atoms. The molecule has 0 fully saturated rings. The van der Waals surface area contributed by atoms with Crippen LogP contribution in [-0.4, -0.2) is 6.71 Å². The van der Waals surface area contributed by atoms with Crippen molar-refractivity contribution >= 4 is 162 Å². The third-order valence-electron chi connectivity index (χ3n) is 23.2. The van der Waals surface area contributed by atoms with Gasteiger partial charge in [0.15, 0.2) is 0 Å². The molecule has 8 heteroatoms. The summed E-state index contributed by atoms with van der Waals surface area (Å²) in [5.41, 5.74) is 30.1. The van der Waals surface area contributed by atoms with E-state index < -0.39 is 0 Å². The summed E-state index contributed by atoms with van der Waals surface area (Å²) in [6.07, 6.45) is 2.12. The Balaban J connectivity index is 0.903. The standard InChI is InChI=1S/C96H72BN3O4/c1-94(2,3)61-40-45-74(69(54-61)57-24-11-8-12-25-57)99-76-50-59(70-56-86-89(66-31-18-21-36-81(66)102-86)90-67-32-19-22-37-82(67)104-93(70)90)39-43-72(76)97-73-44-41-64(98(62-26-13-9-14-27-62)63-28-15-10-16-29-63)55-77(73)100(75-34-23-33-71-91(75)96(6,7)49-48-95(71,4)5)79-52-60(51-78(99)92(79)97)58-38-42-68-85(53-58)103-84-47-46-83-87(88(68)84)65-30-17-20-35-80(65)101-83/h8-47,50-56H,48-49H2,1-7H3. The smallest absolute Gasteiger partial charge is 0.252 e. The molecule has 2 aliphatic heterocycles. The number of hydrogen-bond acceptors (Lipinski definition) is 7. The fourth-order valence-corrected chi connectivity index (χ4v) is 18.1. The zero-order chi connectivity index (χ0) is 69.6. The highest BCUT2D eigenvalue weighted by atomic mass is 16.3. The predicted octanol–water partition coefficient (Wildman–Crippen LogP) is 25.5. The molecule has 0 saturated carbocycles. The lowest BCUT2D eigenvalue weighted by Gasteiger charge is -2.48. The molecule has 0 N–H and O–H groups in total. The Morgan fingerprint density at radius 2 is 0.865 bits per heavy atom. The number of furan rings is 4. The molecule has 3 aliphatic rings. The first-order chi connectivity index (χ1) is 50.7. The summed E-state index contributed by atoms with van der Waals surface area (Å²) in [5.74, 6) is 0. The molecule has 18 aromatic rings. The molecule has 14 aromatic carbocycles. The van der Waals surface area contributed by atoms with Gasteiger partial charge in [-0.1, -0.05) is 212 Å². The van der Waals surface area contributed by atoms with Crippen LogP contribution in [0.5, 0.6) is 0 Å². The van der Waals surface area contributed by atoms with E-state index in [2.05, 4.69) is 342 Å². The maximum absolute atomic E-state index is 7.20. The molecular weight excluding hydrogens is 1270 g/mol. The minimum atomic E-state index is -0.260. The van der Waals surface area contributed by atoms with E-state index in [-0.39, 0.29) is 23.0 Å². The lowest BCUT2D eigenvalue weighted by Crippen LogP contribution is -2.61. The van der Waals surface area contributed by atoms with E-state index >= 15 is 0 Å². The normalized spacial score (nSPS) is 14.5. The largest absolute Gasteiger partial charge is 0.456 e.